The maximum absolute atomic E-state index is 12.9. The van der Waals surface area contributed by atoms with E-state index >= 15 is 0 Å². The predicted molar refractivity (Wildman–Crippen MR) is 98.0 cm³/mol. The first kappa shape index (κ1) is 17.1. The number of rotatable bonds is 3. The van der Waals surface area contributed by atoms with E-state index in [1.807, 2.05) is 31.2 Å². The Morgan fingerprint density at radius 3 is 2.70 bits per heavy atom. The zero-order valence-corrected chi connectivity index (χ0v) is 15.0. The molecule has 0 aromatic heterocycles. The highest BCUT2D eigenvalue weighted by molar-refractivity contribution is 6.27. The predicted octanol–water partition coefficient (Wildman–Crippen LogP) is 2.44. The van der Waals surface area contributed by atoms with Crippen LogP contribution in [0.1, 0.15) is 11.1 Å². The lowest BCUT2D eigenvalue weighted by Gasteiger charge is -2.19. The lowest BCUT2D eigenvalue weighted by atomic mass is 10.1. The third-order valence-corrected chi connectivity index (χ3v) is 4.80. The number of fused-ring (bicyclic) bond motifs is 1. The van der Waals surface area contributed by atoms with Crippen LogP contribution in [-0.2, 0) is 20.7 Å². The van der Waals surface area contributed by atoms with Crippen molar-refractivity contribution in [2.75, 3.05) is 23.5 Å². The molecular weight excluding hydrogens is 348 g/mol. The summed E-state index contributed by atoms with van der Waals surface area (Å²) in [6, 6.07) is 12.6. The molecule has 1 fully saturated rings. The van der Waals surface area contributed by atoms with Gasteiger partial charge >= 0.3 is 6.09 Å². The first-order chi connectivity index (χ1) is 13.0. The second-order valence-electron chi connectivity index (χ2n) is 6.48. The Bertz CT molecular complexity index is 955. The summed E-state index contributed by atoms with van der Waals surface area (Å²) in [5.41, 5.74) is 2.89. The van der Waals surface area contributed by atoms with Crippen LogP contribution in [0.3, 0.4) is 0 Å². The zero-order valence-electron chi connectivity index (χ0n) is 15.0. The number of methoxy groups -OCH3 is 1. The van der Waals surface area contributed by atoms with Crippen molar-refractivity contribution < 1.29 is 23.9 Å². The number of ether oxygens (including phenoxy) is 2. The fourth-order valence-electron chi connectivity index (χ4n) is 3.47. The Hall–Kier alpha value is -3.35. The van der Waals surface area contributed by atoms with E-state index in [9.17, 15) is 14.4 Å². The van der Waals surface area contributed by atoms with Crippen LogP contribution in [0.25, 0.3) is 0 Å². The summed E-state index contributed by atoms with van der Waals surface area (Å²) in [6.45, 7) is 2.28. The third-order valence-electron chi connectivity index (χ3n) is 4.80. The van der Waals surface area contributed by atoms with Gasteiger partial charge in [-0.25, -0.2) is 9.69 Å². The Kier molecular flexibility index (Phi) is 4.07. The van der Waals surface area contributed by atoms with Crippen LogP contribution in [-0.4, -0.2) is 37.7 Å². The van der Waals surface area contributed by atoms with Crippen molar-refractivity contribution in [2.45, 2.75) is 19.4 Å². The molecule has 3 amide bonds. The molecule has 0 bridgehead atoms. The third kappa shape index (κ3) is 2.71. The molecule has 7 heteroatoms. The zero-order chi connectivity index (χ0) is 19.1. The highest BCUT2D eigenvalue weighted by Gasteiger charge is 2.49. The van der Waals surface area contributed by atoms with Gasteiger partial charge in [-0.3, -0.25) is 9.59 Å². The van der Waals surface area contributed by atoms with E-state index in [0.29, 0.717) is 18.7 Å². The number of anilines is 2. The van der Waals surface area contributed by atoms with Crippen LogP contribution in [0.5, 0.6) is 5.75 Å². The fraction of sp³-hybridized carbons (Fsp3) is 0.250. The number of carbonyl (C=O) groups is 3. The molecule has 2 aromatic rings. The summed E-state index contributed by atoms with van der Waals surface area (Å²) in [5, 5.41) is 0. The fourth-order valence-corrected chi connectivity index (χ4v) is 3.47. The van der Waals surface area contributed by atoms with Gasteiger partial charge < -0.3 is 14.4 Å². The monoisotopic (exact) mass is 366 g/mol. The lowest BCUT2D eigenvalue weighted by Crippen LogP contribution is -2.43. The molecule has 1 unspecified atom stereocenters. The van der Waals surface area contributed by atoms with Gasteiger partial charge in [-0.05, 0) is 42.7 Å². The average molecular weight is 366 g/mol. The molecule has 1 saturated heterocycles. The second-order valence-corrected chi connectivity index (χ2v) is 6.48. The minimum absolute atomic E-state index is 0.268. The summed E-state index contributed by atoms with van der Waals surface area (Å²) in [4.78, 5) is 40.6. The van der Waals surface area contributed by atoms with Crippen molar-refractivity contribution in [1.29, 1.82) is 0 Å². The van der Waals surface area contributed by atoms with E-state index in [2.05, 4.69) is 0 Å². The van der Waals surface area contributed by atoms with Crippen molar-refractivity contribution in [3.8, 4) is 5.75 Å². The van der Waals surface area contributed by atoms with Crippen molar-refractivity contribution in [1.82, 2.24) is 0 Å². The second kappa shape index (κ2) is 6.42. The van der Waals surface area contributed by atoms with Crippen LogP contribution < -0.4 is 14.5 Å². The molecule has 0 spiro atoms. The highest BCUT2D eigenvalue weighted by Crippen LogP contribution is 2.35. The Labute approximate surface area is 156 Å². The van der Waals surface area contributed by atoms with Gasteiger partial charge in [0.1, 0.15) is 5.75 Å². The number of nitrogens with zero attached hydrogens (tertiary/aromatic N) is 2. The van der Waals surface area contributed by atoms with Crippen LogP contribution in [0.15, 0.2) is 42.5 Å². The molecule has 2 aliphatic rings. The standard InChI is InChI=1S/C20H18N2O5/c1-12-7-8-16(26-2)15(11-12)22-19(24)17(27-20(22)25)18(23)21-10-9-13-5-3-4-6-14(13)21/h3-8,11,17H,9-10H2,1-2H3. The van der Waals surface area contributed by atoms with Crippen molar-refractivity contribution in [2.24, 2.45) is 0 Å². The first-order valence-corrected chi connectivity index (χ1v) is 8.60. The van der Waals surface area contributed by atoms with Crippen LogP contribution in [0, 0.1) is 6.92 Å². The van der Waals surface area contributed by atoms with Gasteiger partial charge in [-0.1, -0.05) is 24.3 Å². The lowest BCUT2D eigenvalue weighted by molar-refractivity contribution is -0.134. The molecule has 0 radical (unpaired) electrons. The SMILES string of the molecule is COc1ccc(C)cc1N1C(=O)OC(C(=O)N2CCc3ccccc32)C1=O. The highest BCUT2D eigenvalue weighted by atomic mass is 16.6. The molecule has 2 heterocycles. The van der Waals surface area contributed by atoms with Crippen LogP contribution in [0.2, 0.25) is 0 Å². The van der Waals surface area contributed by atoms with E-state index < -0.39 is 24.0 Å². The summed E-state index contributed by atoms with van der Waals surface area (Å²) < 4.78 is 10.4. The maximum atomic E-state index is 12.9. The van der Waals surface area contributed by atoms with Crippen molar-refractivity contribution in [3.63, 3.8) is 0 Å². The number of cyclic esters (lactones) is 1. The number of para-hydroxylation sites is 1. The summed E-state index contributed by atoms with van der Waals surface area (Å²) in [6.07, 6.45) is -1.67. The number of imide groups is 1. The molecule has 0 aliphatic carbocycles. The normalized spacial score (nSPS) is 18.5. The molecule has 138 valence electrons. The smallest absolute Gasteiger partial charge is 0.422 e. The molecular formula is C20H18N2O5. The molecule has 27 heavy (non-hydrogen) atoms. The van der Waals surface area contributed by atoms with Gasteiger partial charge in [0.25, 0.3) is 17.9 Å². The minimum atomic E-state index is -1.49. The average Bonchev–Trinajstić information content (AvgIpc) is 3.22. The van der Waals surface area contributed by atoms with Gasteiger partial charge in [-0.2, -0.15) is 0 Å². The van der Waals surface area contributed by atoms with Gasteiger partial charge in [-0.15, -0.1) is 0 Å². The Morgan fingerprint density at radius 2 is 1.93 bits per heavy atom. The molecule has 0 saturated carbocycles. The molecule has 2 aromatic carbocycles. The van der Waals surface area contributed by atoms with E-state index in [1.165, 1.54) is 12.0 Å². The Morgan fingerprint density at radius 1 is 1.15 bits per heavy atom. The summed E-state index contributed by atoms with van der Waals surface area (Å²) in [7, 11) is 1.45. The van der Waals surface area contributed by atoms with Crippen molar-refractivity contribution >= 4 is 29.3 Å². The minimum Gasteiger partial charge on any atom is -0.495 e. The first-order valence-electron chi connectivity index (χ1n) is 8.60. The van der Waals surface area contributed by atoms with Crippen molar-refractivity contribution in [3.05, 3.63) is 53.6 Å². The van der Waals surface area contributed by atoms with E-state index in [-0.39, 0.29) is 5.69 Å². The molecule has 4 rings (SSSR count). The number of hydrogen-bond acceptors (Lipinski definition) is 5. The number of benzene rings is 2. The van der Waals surface area contributed by atoms with Crippen LogP contribution >= 0.6 is 0 Å². The van der Waals surface area contributed by atoms with Gasteiger partial charge in [0.15, 0.2) is 0 Å². The van der Waals surface area contributed by atoms with Gasteiger partial charge in [0.2, 0.25) is 0 Å². The number of hydrogen-bond donors (Lipinski definition) is 0. The van der Waals surface area contributed by atoms with E-state index in [1.54, 1.807) is 18.2 Å². The summed E-state index contributed by atoms with van der Waals surface area (Å²) >= 11 is 0. The van der Waals surface area contributed by atoms with E-state index in [0.717, 1.165) is 21.7 Å². The molecule has 2 aliphatic heterocycles. The quantitative estimate of drug-likeness (QED) is 0.780. The number of amides is 3. The maximum Gasteiger partial charge on any atom is 0.422 e. The Balaban J connectivity index is 1.64. The van der Waals surface area contributed by atoms with E-state index in [4.69, 9.17) is 9.47 Å². The molecule has 7 nitrogen and oxygen atoms in total. The number of aryl methyl sites for hydroxylation is 1. The molecule has 0 N–H and O–H groups in total. The molecule has 1 atom stereocenters. The largest absolute Gasteiger partial charge is 0.495 e. The van der Waals surface area contributed by atoms with Gasteiger partial charge in [0, 0.05) is 12.2 Å². The topological polar surface area (TPSA) is 76.2 Å². The van der Waals surface area contributed by atoms with Gasteiger partial charge in [0.05, 0.1) is 12.8 Å². The summed E-state index contributed by atoms with van der Waals surface area (Å²) in [5.74, 6) is -0.892. The number of carbonyl (C=O) groups excluding carboxylic acids is 3. The van der Waals surface area contributed by atoms with Crippen LogP contribution in [0.4, 0.5) is 16.2 Å².